The van der Waals surface area contributed by atoms with Crippen molar-refractivity contribution >= 4 is 11.6 Å². The highest BCUT2D eigenvalue weighted by molar-refractivity contribution is 6.30. The van der Waals surface area contributed by atoms with E-state index >= 15 is 0 Å². The predicted octanol–water partition coefficient (Wildman–Crippen LogP) is 7.23. The molecule has 0 heterocycles. The highest BCUT2D eigenvalue weighted by atomic mass is 35.5. The van der Waals surface area contributed by atoms with Crippen LogP contribution in [-0.2, 0) is 12.0 Å². The summed E-state index contributed by atoms with van der Waals surface area (Å²) in [6.07, 6.45) is 11.7. The lowest BCUT2D eigenvalue weighted by Crippen LogP contribution is -2.51. The molecule has 0 spiro atoms. The van der Waals surface area contributed by atoms with E-state index in [4.69, 9.17) is 11.6 Å². The van der Waals surface area contributed by atoms with E-state index in [0.29, 0.717) is 6.04 Å². The van der Waals surface area contributed by atoms with Crippen LogP contribution >= 0.6 is 11.6 Å². The van der Waals surface area contributed by atoms with Gasteiger partial charge in [-0.15, -0.1) is 0 Å². The Morgan fingerprint density at radius 2 is 1.68 bits per heavy atom. The van der Waals surface area contributed by atoms with Gasteiger partial charge in [0.05, 0.1) is 0 Å². The van der Waals surface area contributed by atoms with E-state index in [1.807, 2.05) is 18.2 Å². The Morgan fingerprint density at radius 1 is 1.03 bits per heavy atom. The zero-order valence-corrected chi connectivity index (χ0v) is 20.7. The molecular formula is C28H41ClN2. The Balaban J connectivity index is 0.000000357. The number of hydrogen-bond acceptors (Lipinski definition) is 2. The molecule has 31 heavy (non-hydrogen) atoms. The van der Waals surface area contributed by atoms with Gasteiger partial charge in [-0.25, -0.2) is 0 Å². The summed E-state index contributed by atoms with van der Waals surface area (Å²) in [7, 11) is 2.09. The molecule has 2 nitrogen and oxygen atoms in total. The summed E-state index contributed by atoms with van der Waals surface area (Å²) in [6, 6.07) is 19.7. The van der Waals surface area contributed by atoms with Crippen LogP contribution in [0.3, 0.4) is 0 Å². The third kappa shape index (κ3) is 7.49. The Hall–Kier alpha value is -1.61. The van der Waals surface area contributed by atoms with Crippen LogP contribution in [0.15, 0.2) is 66.7 Å². The maximum atomic E-state index is 6.13. The minimum atomic E-state index is 0.146. The molecule has 1 aliphatic carbocycles. The number of hydrogen-bond donors (Lipinski definition) is 1. The predicted molar refractivity (Wildman–Crippen MR) is 137 cm³/mol. The molecule has 0 bridgehead atoms. The summed E-state index contributed by atoms with van der Waals surface area (Å²) in [5, 5.41) is 4.29. The van der Waals surface area contributed by atoms with E-state index < -0.39 is 0 Å². The van der Waals surface area contributed by atoms with Gasteiger partial charge in [-0.2, -0.15) is 0 Å². The second kappa shape index (κ2) is 13.7. The highest BCUT2D eigenvalue weighted by Gasteiger charge is 2.40. The van der Waals surface area contributed by atoms with Crippen LogP contribution in [0.2, 0.25) is 5.02 Å². The minimum absolute atomic E-state index is 0.146. The normalized spacial score (nSPS) is 21.2. The van der Waals surface area contributed by atoms with Crippen molar-refractivity contribution in [1.82, 2.24) is 10.2 Å². The van der Waals surface area contributed by atoms with Crippen LogP contribution in [0.25, 0.3) is 0 Å². The van der Waals surface area contributed by atoms with E-state index in [1.165, 1.54) is 43.2 Å². The molecule has 3 heteroatoms. The Bertz CT molecular complexity index is 746. The summed E-state index contributed by atoms with van der Waals surface area (Å²) >= 11 is 6.13. The molecule has 1 N–H and O–H groups in total. The number of nitrogens with zero attached hydrogens (tertiary/aromatic N) is 1. The molecule has 0 radical (unpaired) electrons. The average molecular weight is 441 g/mol. The number of halogens is 1. The number of benzene rings is 2. The molecular weight excluding hydrogens is 400 g/mol. The number of rotatable bonds is 8. The van der Waals surface area contributed by atoms with Crippen LogP contribution < -0.4 is 5.32 Å². The third-order valence-electron chi connectivity index (χ3n) is 6.51. The van der Waals surface area contributed by atoms with Crippen molar-refractivity contribution in [2.45, 2.75) is 70.9 Å². The lowest BCUT2D eigenvalue weighted by molar-refractivity contribution is 0.0491. The minimum Gasteiger partial charge on any atom is -0.317 e. The van der Waals surface area contributed by atoms with Gasteiger partial charge in [0.2, 0.25) is 0 Å². The van der Waals surface area contributed by atoms with Crippen LogP contribution in [0.4, 0.5) is 0 Å². The topological polar surface area (TPSA) is 15.3 Å². The van der Waals surface area contributed by atoms with Gasteiger partial charge < -0.3 is 5.32 Å². The molecule has 1 aliphatic rings. The molecule has 1 fully saturated rings. The number of allylic oxidation sites excluding steroid dienone is 1. The lowest BCUT2D eigenvalue weighted by Gasteiger charge is -2.48. The van der Waals surface area contributed by atoms with Crippen LogP contribution in [-0.4, -0.2) is 31.1 Å². The Morgan fingerprint density at radius 3 is 2.16 bits per heavy atom. The van der Waals surface area contributed by atoms with Gasteiger partial charge in [0, 0.05) is 23.1 Å². The molecule has 170 valence electrons. The summed E-state index contributed by atoms with van der Waals surface area (Å²) < 4.78 is 0. The van der Waals surface area contributed by atoms with Crippen molar-refractivity contribution in [2.75, 3.05) is 20.1 Å². The smallest absolute Gasteiger partial charge is 0.0465 e. The number of nitrogens with one attached hydrogen (secondary N) is 1. The first-order valence-electron chi connectivity index (χ1n) is 11.9. The van der Waals surface area contributed by atoms with Crippen molar-refractivity contribution in [2.24, 2.45) is 0 Å². The molecule has 0 saturated heterocycles. The second-order valence-electron chi connectivity index (χ2n) is 8.46. The van der Waals surface area contributed by atoms with Crippen molar-refractivity contribution in [3.8, 4) is 0 Å². The molecule has 3 rings (SSSR count). The monoisotopic (exact) mass is 440 g/mol. The zero-order valence-electron chi connectivity index (χ0n) is 19.9. The summed E-state index contributed by atoms with van der Waals surface area (Å²) in [6.45, 7) is 8.71. The van der Waals surface area contributed by atoms with Crippen molar-refractivity contribution in [3.05, 3.63) is 82.9 Å². The maximum absolute atomic E-state index is 6.13. The fourth-order valence-corrected chi connectivity index (χ4v) is 4.75. The van der Waals surface area contributed by atoms with Gasteiger partial charge in [-0.05, 0) is 82.3 Å². The SMILES string of the molecule is CC=CCN(CCC)C1(c2ccc(Cl)cc2)CCC(NC)CC1.CCc1ccccc1. The van der Waals surface area contributed by atoms with Gasteiger partial charge in [-0.1, -0.05) is 80.1 Å². The molecule has 0 aromatic heterocycles. The summed E-state index contributed by atoms with van der Waals surface area (Å²) in [5.41, 5.74) is 2.98. The first kappa shape index (κ1) is 25.6. The van der Waals surface area contributed by atoms with E-state index in [9.17, 15) is 0 Å². The van der Waals surface area contributed by atoms with E-state index in [2.05, 4.69) is 86.6 Å². The molecule has 2 aromatic rings. The standard InChI is InChI=1S/C20H31ClN2.C8H10/c1-4-6-16-23(15-5-2)20(13-11-19(22-3)12-14-20)17-7-9-18(21)10-8-17;1-2-8-6-4-3-5-7-8/h4,6-10,19,22H,5,11-16H2,1-3H3;3-7H,2H2,1H3. The zero-order chi connectivity index (χ0) is 22.5. The van der Waals surface area contributed by atoms with Crippen molar-refractivity contribution in [3.63, 3.8) is 0 Å². The maximum Gasteiger partial charge on any atom is 0.0465 e. The highest BCUT2D eigenvalue weighted by Crippen LogP contribution is 2.42. The Labute approximate surface area is 195 Å². The molecule has 0 aliphatic heterocycles. The van der Waals surface area contributed by atoms with E-state index in [-0.39, 0.29) is 5.54 Å². The first-order valence-corrected chi connectivity index (χ1v) is 12.3. The molecule has 1 saturated carbocycles. The quantitative estimate of drug-likeness (QED) is 0.435. The fraction of sp³-hybridized carbons (Fsp3) is 0.500. The lowest BCUT2D eigenvalue weighted by atomic mass is 9.73. The van der Waals surface area contributed by atoms with Crippen molar-refractivity contribution in [1.29, 1.82) is 0 Å². The average Bonchev–Trinajstić information content (AvgIpc) is 2.83. The van der Waals surface area contributed by atoms with E-state index in [0.717, 1.165) is 24.5 Å². The van der Waals surface area contributed by atoms with E-state index in [1.54, 1.807) is 0 Å². The van der Waals surface area contributed by atoms with Gasteiger partial charge in [0.25, 0.3) is 0 Å². The molecule has 0 amide bonds. The molecule has 0 unspecified atom stereocenters. The summed E-state index contributed by atoms with van der Waals surface area (Å²) in [4.78, 5) is 2.68. The number of aryl methyl sites for hydroxylation is 1. The van der Waals surface area contributed by atoms with Crippen LogP contribution in [0.1, 0.15) is 64.0 Å². The van der Waals surface area contributed by atoms with Crippen LogP contribution in [0, 0.1) is 0 Å². The van der Waals surface area contributed by atoms with Gasteiger partial charge in [0.1, 0.15) is 0 Å². The second-order valence-corrected chi connectivity index (χ2v) is 8.89. The third-order valence-corrected chi connectivity index (χ3v) is 6.77. The van der Waals surface area contributed by atoms with Crippen molar-refractivity contribution < 1.29 is 0 Å². The van der Waals surface area contributed by atoms with Gasteiger partial charge in [0.15, 0.2) is 0 Å². The molecule has 0 atom stereocenters. The molecule has 2 aromatic carbocycles. The largest absolute Gasteiger partial charge is 0.317 e. The van der Waals surface area contributed by atoms with Crippen LogP contribution in [0.5, 0.6) is 0 Å². The fourth-order valence-electron chi connectivity index (χ4n) is 4.63. The van der Waals surface area contributed by atoms with Gasteiger partial charge >= 0.3 is 0 Å². The van der Waals surface area contributed by atoms with Gasteiger partial charge in [-0.3, -0.25) is 4.90 Å². The Kier molecular flexibility index (Phi) is 11.4. The summed E-state index contributed by atoms with van der Waals surface area (Å²) in [5.74, 6) is 0. The first-order chi connectivity index (χ1) is 15.1.